The Labute approximate surface area is 177 Å². The number of carbonyl (C=O) groups is 1. The highest BCUT2D eigenvalue weighted by atomic mass is 16.1. The SMILES string of the molecule is CC(CN1CCN(c2ccccn2)CC1)NC(=O)/C=C/c1cccc2cccnc12. The normalized spacial score (nSPS) is 16.1. The van der Waals surface area contributed by atoms with Gasteiger partial charge in [-0.2, -0.15) is 0 Å². The second kappa shape index (κ2) is 9.50. The number of anilines is 1. The van der Waals surface area contributed by atoms with Crippen LogP contribution in [0.5, 0.6) is 0 Å². The van der Waals surface area contributed by atoms with Crippen LogP contribution in [0.1, 0.15) is 12.5 Å². The molecule has 0 spiro atoms. The fraction of sp³-hybridized carbons (Fsp3) is 0.292. The van der Waals surface area contributed by atoms with Crippen LogP contribution in [0.15, 0.2) is 67.0 Å². The molecule has 1 N–H and O–H groups in total. The summed E-state index contributed by atoms with van der Waals surface area (Å²) < 4.78 is 0. The van der Waals surface area contributed by atoms with Crippen LogP contribution in [-0.2, 0) is 4.79 Å². The van der Waals surface area contributed by atoms with Gasteiger partial charge in [0.15, 0.2) is 0 Å². The molecule has 1 amide bonds. The van der Waals surface area contributed by atoms with Crippen LogP contribution < -0.4 is 10.2 Å². The monoisotopic (exact) mass is 401 g/mol. The molecule has 6 heteroatoms. The second-order valence-corrected chi connectivity index (χ2v) is 7.64. The summed E-state index contributed by atoms with van der Waals surface area (Å²) in [5, 5.41) is 4.14. The third-order valence-corrected chi connectivity index (χ3v) is 5.34. The molecule has 0 radical (unpaired) electrons. The number of piperazine rings is 1. The molecule has 0 aliphatic carbocycles. The summed E-state index contributed by atoms with van der Waals surface area (Å²) in [5.74, 6) is 0.953. The molecule has 1 unspecified atom stereocenters. The lowest BCUT2D eigenvalue weighted by Gasteiger charge is -2.36. The molecule has 1 aliphatic heterocycles. The molecule has 2 aromatic heterocycles. The molecule has 3 heterocycles. The number of para-hydroxylation sites is 1. The number of hydrogen-bond donors (Lipinski definition) is 1. The molecule has 1 aromatic carbocycles. The smallest absolute Gasteiger partial charge is 0.244 e. The fourth-order valence-electron chi connectivity index (χ4n) is 3.85. The van der Waals surface area contributed by atoms with E-state index in [1.54, 1.807) is 12.3 Å². The minimum absolute atomic E-state index is 0.0780. The first-order chi connectivity index (χ1) is 14.7. The van der Waals surface area contributed by atoms with Gasteiger partial charge < -0.3 is 10.2 Å². The average Bonchev–Trinajstić information content (AvgIpc) is 2.78. The number of hydrogen-bond acceptors (Lipinski definition) is 5. The first-order valence-corrected chi connectivity index (χ1v) is 10.4. The quantitative estimate of drug-likeness (QED) is 0.644. The van der Waals surface area contributed by atoms with Crippen LogP contribution in [-0.4, -0.2) is 59.5 Å². The zero-order valence-electron chi connectivity index (χ0n) is 17.2. The van der Waals surface area contributed by atoms with Crippen LogP contribution in [0.25, 0.3) is 17.0 Å². The molecule has 1 aliphatic rings. The standard InChI is InChI=1S/C24H27N5O/c1-19(18-28-14-16-29(17-15-28)22-9-2-3-12-25-22)27-23(30)11-10-21-7-4-6-20-8-5-13-26-24(20)21/h2-13,19H,14-18H2,1H3,(H,27,30)/b11-10+. The number of fused-ring (bicyclic) bond motifs is 1. The lowest BCUT2D eigenvalue weighted by molar-refractivity contribution is -0.117. The number of benzene rings is 1. The lowest BCUT2D eigenvalue weighted by atomic mass is 10.1. The first-order valence-electron chi connectivity index (χ1n) is 10.4. The summed E-state index contributed by atoms with van der Waals surface area (Å²) in [6.07, 6.45) is 7.04. The number of pyridine rings is 2. The van der Waals surface area contributed by atoms with Crippen molar-refractivity contribution < 1.29 is 4.79 Å². The minimum Gasteiger partial charge on any atom is -0.354 e. The Kier molecular flexibility index (Phi) is 6.35. The van der Waals surface area contributed by atoms with Gasteiger partial charge in [-0.1, -0.05) is 30.3 Å². The Morgan fingerprint density at radius 3 is 2.63 bits per heavy atom. The summed E-state index contributed by atoms with van der Waals surface area (Å²) >= 11 is 0. The van der Waals surface area contributed by atoms with Gasteiger partial charge in [0.2, 0.25) is 5.91 Å². The van der Waals surface area contributed by atoms with Crippen molar-refractivity contribution in [1.82, 2.24) is 20.2 Å². The Morgan fingerprint density at radius 1 is 1.03 bits per heavy atom. The Morgan fingerprint density at radius 2 is 1.83 bits per heavy atom. The van der Waals surface area contributed by atoms with E-state index in [-0.39, 0.29) is 11.9 Å². The molecule has 0 bridgehead atoms. The maximum atomic E-state index is 12.4. The van der Waals surface area contributed by atoms with E-state index in [1.165, 1.54) is 0 Å². The van der Waals surface area contributed by atoms with Crippen molar-refractivity contribution >= 4 is 28.7 Å². The van der Waals surface area contributed by atoms with Gasteiger partial charge in [-0.05, 0) is 31.2 Å². The topological polar surface area (TPSA) is 61.4 Å². The second-order valence-electron chi connectivity index (χ2n) is 7.64. The highest BCUT2D eigenvalue weighted by Gasteiger charge is 2.19. The van der Waals surface area contributed by atoms with Gasteiger partial charge in [-0.25, -0.2) is 4.98 Å². The number of amides is 1. The van der Waals surface area contributed by atoms with E-state index in [4.69, 9.17) is 0 Å². The van der Waals surface area contributed by atoms with Crippen molar-refractivity contribution in [2.24, 2.45) is 0 Å². The van der Waals surface area contributed by atoms with Crippen molar-refractivity contribution in [3.8, 4) is 0 Å². The number of rotatable bonds is 6. The van der Waals surface area contributed by atoms with Crippen molar-refractivity contribution in [2.45, 2.75) is 13.0 Å². The highest BCUT2D eigenvalue weighted by Crippen LogP contribution is 2.17. The van der Waals surface area contributed by atoms with Crippen molar-refractivity contribution in [3.05, 3.63) is 72.6 Å². The van der Waals surface area contributed by atoms with Crippen LogP contribution in [0.2, 0.25) is 0 Å². The molecule has 1 fully saturated rings. The molecular weight excluding hydrogens is 374 g/mol. The van der Waals surface area contributed by atoms with Crippen LogP contribution >= 0.6 is 0 Å². The van der Waals surface area contributed by atoms with Crippen LogP contribution in [0.3, 0.4) is 0 Å². The van der Waals surface area contributed by atoms with E-state index in [0.717, 1.165) is 55.0 Å². The van der Waals surface area contributed by atoms with Gasteiger partial charge >= 0.3 is 0 Å². The molecule has 154 valence electrons. The van der Waals surface area contributed by atoms with Gasteiger partial charge in [-0.15, -0.1) is 0 Å². The van der Waals surface area contributed by atoms with E-state index in [9.17, 15) is 4.79 Å². The Balaban J connectivity index is 1.26. The van der Waals surface area contributed by atoms with Gasteiger partial charge in [0.1, 0.15) is 5.82 Å². The molecular formula is C24H27N5O. The van der Waals surface area contributed by atoms with E-state index in [2.05, 4.69) is 38.1 Å². The molecule has 6 nitrogen and oxygen atoms in total. The van der Waals surface area contributed by atoms with Gasteiger partial charge in [0.25, 0.3) is 0 Å². The van der Waals surface area contributed by atoms with Crippen molar-refractivity contribution in [1.29, 1.82) is 0 Å². The minimum atomic E-state index is -0.0810. The lowest BCUT2D eigenvalue weighted by Crippen LogP contribution is -2.50. The summed E-state index contributed by atoms with van der Waals surface area (Å²) in [6.45, 7) is 6.72. The Bertz CT molecular complexity index is 1010. The molecule has 3 aromatic rings. The average molecular weight is 402 g/mol. The molecule has 30 heavy (non-hydrogen) atoms. The van der Waals surface area contributed by atoms with Crippen molar-refractivity contribution in [2.75, 3.05) is 37.6 Å². The summed E-state index contributed by atoms with van der Waals surface area (Å²) in [4.78, 5) is 25.9. The number of nitrogens with zero attached hydrogens (tertiary/aromatic N) is 4. The van der Waals surface area contributed by atoms with Gasteiger partial charge in [-0.3, -0.25) is 14.7 Å². The van der Waals surface area contributed by atoms with E-state index in [1.807, 2.05) is 54.7 Å². The van der Waals surface area contributed by atoms with Gasteiger partial charge in [0, 0.05) is 68.2 Å². The molecule has 4 rings (SSSR count). The summed E-state index contributed by atoms with van der Waals surface area (Å²) in [5.41, 5.74) is 1.85. The van der Waals surface area contributed by atoms with Crippen molar-refractivity contribution in [3.63, 3.8) is 0 Å². The molecule has 1 atom stereocenters. The van der Waals surface area contributed by atoms with Crippen LogP contribution in [0, 0.1) is 0 Å². The number of aromatic nitrogens is 2. The first kappa shape index (κ1) is 20.0. The molecule has 0 saturated carbocycles. The number of carbonyl (C=O) groups excluding carboxylic acids is 1. The maximum Gasteiger partial charge on any atom is 0.244 e. The summed E-state index contributed by atoms with van der Waals surface area (Å²) in [6, 6.07) is 16.0. The van der Waals surface area contributed by atoms with E-state index >= 15 is 0 Å². The third-order valence-electron chi connectivity index (χ3n) is 5.34. The predicted octanol–water partition coefficient (Wildman–Crippen LogP) is 2.97. The zero-order chi connectivity index (χ0) is 20.8. The van der Waals surface area contributed by atoms with Crippen LogP contribution in [0.4, 0.5) is 5.82 Å². The number of nitrogens with one attached hydrogen (secondary N) is 1. The predicted molar refractivity (Wildman–Crippen MR) is 121 cm³/mol. The molecule has 1 saturated heterocycles. The van der Waals surface area contributed by atoms with Gasteiger partial charge in [0.05, 0.1) is 5.52 Å². The maximum absolute atomic E-state index is 12.4. The highest BCUT2D eigenvalue weighted by molar-refractivity contribution is 5.95. The Hall–Kier alpha value is -3.25. The van der Waals surface area contributed by atoms with E-state index in [0.29, 0.717) is 0 Å². The largest absolute Gasteiger partial charge is 0.354 e. The third kappa shape index (κ3) is 5.02. The zero-order valence-corrected chi connectivity index (χ0v) is 17.2. The van der Waals surface area contributed by atoms with E-state index < -0.39 is 0 Å². The fourth-order valence-corrected chi connectivity index (χ4v) is 3.85. The summed E-state index contributed by atoms with van der Waals surface area (Å²) in [7, 11) is 0.